The first-order valence-electron chi connectivity index (χ1n) is 5.78. The van der Waals surface area contributed by atoms with Crippen molar-refractivity contribution in [3.8, 4) is 0 Å². The van der Waals surface area contributed by atoms with E-state index in [2.05, 4.69) is 25.0 Å². The van der Waals surface area contributed by atoms with Gasteiger partial charge in [0.15, 0.2) is 5.82 Å². The monoisotopic (exact) mass is 261 g/mol. The van der Waals surface area contributed by atoms with E-state index in [4.69, 9.17) is 0 Å². The molecular weight excluding hydrogens is 246 g/mol. The number of rotatable bonds is 4. The Kier molecular flexibility index (Phi) is 3.74. The van der Waals surface area contributed by atoms with Crippen LogP contribution in [0.5, 0.6) is 0 Å². The van der Waals surface area contributed by atoms with Gasteiger partial charge in [0.2, 0.25) is 6.39 Å². The van der Waals surface area contributed by atoms with Crippen molar-refractivity contribution in [2.75, 3.05) is 19.0 Å². The molecule has 0 spiro atoms. The number of carbonyl (C=O) groups excluding carboxylic acids is 1. The SMILES string of the molecule is C[C@H](NC(=O)c1cc(N(C)C)ccn1)c1ncon1. The van der Waals surface area contributed by atoms with Crippen LogP contribution in [0.2, 0.25) is 0 Å². The molecule has 0 radical (unpaired) electrons. The van der Waals surface area contributed by atoms with Crippen LogP contribution in [0.25, 0.3) is 0 Å². The predicted octanol–water partition coefficient (Wildman–Crippen LogP) is 1.02. The summed E-state index contributed by atoms with van der Waals surface area (Å²) < 4.78 is 4.64. The van der Waals surface area contributed by atoms with Gasteiger partial charge in [-0.25, -0.2) is 0 Å². The minimum absolute atomic E-state index is 0.277. The summed E-state index contributed by atoms with van der Waals surface area (Å²) in [6.45, 7) is 1.78. The quantitative estimate of drug-likeness (QED) is 0.884. The van der Waals surface area contributed by atoms with E-state index in [-0.39, 0.29) is 11.9 Å². The second-order valence-corrected chi connectivity index (χ2v) is 4.28. The average Bonchev–Trinajstić information content (AvgIpc) is 2.92. The third-order valence-electron chi connectivity index (χ3n) is 2.61. The van der Waals surface area contributed by atoms with Gasteiger partial charge in [-0.3, -0.25) is 9.78 Å². The summed E-state index contributed by atoms with van der Waals surface area (Å²) in [6.07, 6.45) is 2.83. The topological polar surface area (TPSA) is 84.2 Å². The lowest BCUT2D eigenvalue weighted by atomic mass is 10.2. The summed E-state index contributed by atoms with van der Waals surface area (Å²) in [7, 11) is 3.80. The number of hydrogen-bond donors (Lipinski definition) is 1. The lowest BCUT2D eigenvalue weighted by Crippen LogP contribution is -2.28. The highest BCUT2D eigenvalue weighted by Crippen LogP contribution is 2.12. The van der Waals surface area contributed by atoms with Gasteiger partial charge >= 0.3 is 0 Å². The van der Waals surface area contributed by atoms with E-state index in [1.165, 1.54) is 6.39 Å². The Morgan fingerprint density at radius 2 is 2.21 bits per heavy atom. The van der Waals surface area contributed by atoms with E-state index in [0.717, 1.165) is 5.69 Å². The van der Waals surface area contributed by atoms with E-state index in [0.29, 0.717) is 11.5 Å². The summed E-state index contributed by atoms with van der Waals surface area (Å²) in [6, 6.07) is 3.22. The maximum atomic E-state index is 12.0. The third-order valence-corrected chi connectivity index (χ3v) is 2.61. The highest BCUT2D eigenvalue weighted by Gasteiger charge is 2.16. The van der Waals surface area contributed by atoms with Gasteiger partial charge in [0.05, 0.1) is 6.04 Å². The van der Waals surface area contributed by atoms with Crippen LogP contribution in [-0.4, -0.2) is 35.1 Å². The van der Waals surface area contributed by atoms with Gasteiger partial charge < -0.3 is 14.7 Å². The normalized spacial score (nSPS) is 11.9. The molecule has 7 heteroatoms. The molecule has 2 aromatic rings. The number of aromatic nitrogens is 3. The Labute approximate surface area is 110 Å². The Morgan fingerprint density at radius 1 is 1.42 bits per heavy atom. The fourth-order valence-electron chi connectivity index (χ4n) is 1.53. The van der Waals surface area contributed by atoms with Crippen molar-refractivity contribution < 1.29 is 9.32 Å². The molecule has 0 fully saturated rings. The van der Waals surface area contributed by atoms with E-state index < -0.39 is 0 Å². The summed E-state index contributed by atoms with van der Waals surface area (Å²) in [5.41, 5.74) is 1.26. The minimum atomic E-state index is -0.337. The van der Waals surface area contributed by atoms with Crippen LogP contribution in [0, 0.1) is 0 Å². The Bertz CT molecular complexity index is 553. The smallest absolute Gasteiger partial charge is 0.270 e. The van der Waals surface area contributed by atoms with Crippen molar-refractivity contribution in [1.29, 1.82) is 0 Å². The molecule has 1 N–H and O–H groups in total. The zero-order valence-electron chi connectivity index (χ0n) is 11.0. The van der Waals surface area contributed by atoms with Crippen LogP contribution < -0.4 is 10.2 Å². The van der Waals surface area contributed by atoms with Crippen LogP contribution in [0.4, 0.5) is 5.69 Å². The predicted molar refractivity (Wildman–Crippen MR) is 68.7 cm³/mol. The molecule has 0 aromatic carbocycles. The summed E-state index contributed by atoms with van der Waals surface area (Å²) in [5, 5.41) is 6.44. The van der Waals surface area contributed by atoms with E-state index in [1.807, 2.05) is 25.1 Å². The van der Waals surface area contributed by atoms with Gasteiger partial charge in [0, 0.05) is 26.0 Å². The van der Waals surface area contributed by atoms with Crippen molar-refractivity contribution in [2.45, 2.75) is 13.0 Å². The van der Waals surface area contributed by atoms with Crippen LogP contribution in [0.3, 0.4) is 0 Å². The molecule has 0 aliphatic rings. The minimum Gasteiger partial charge on any atom is -0.378 e. The van der Waals surface area contributed by atoms with E-state index in [1.54, 1.807) is 19.2 Å². The summed E-state index contributed by atoms with van der Waals surface area (Å²) in [5.74, 6) is 0.151. The molecule has 0 saturated carbocycles. The fraction of sp³-hybridized carbons (Fsp3) is 0.333. The van der Waals surface area contributed by atoms with Crippen LogP contribution in [0.1, 0.15) is 29.3 Å². The number of amides is 1. The molecule has 100 valence electrons. The molecular formula is C12H15N5O2. The van der Waals surface area contributed by atoms with Crippen molar-refractivity contribution in [1.82, 2.24) is 20.4 Å². The van der Waals surface area contributed by atoms with Crippen molar-refractivity contribution in [3.05, 3.63) is 36.2 Å². The third kappa shape index (κ3) is 3.06. The highest BCUT2D eigenvalue weighted by atomic mass is 16.5. The van der Waals surface area contributed by atoms with Gasteiger partial charge in [-0.2, -0.15) is 4.98 Å². The lowest BCUT2D eigenvalue weighted by molar-refractivity contribution is 0.0933. The molecule has 0 saturated heterocycles. The van der Waals surface area contributed by atoms with Crippen molar-refractivity contribution in [3.63, 3.8) is 0 Å². The number of anilines is 1. The maximum Gasteiger partial charge on any atom is 0.270 e. The molecule has 1 atom stereocenters. The molecule has 2 heterocycles. The largest absolute Gasteiger partial charge is 0.378 e. The van der Waals surface area contributed by atoms with Crippen molar-refractivity contribution in [2.24, 2.45) is 0 Å². The number of pyridine rings is 1. The number of nitrogens with zero attached hydrogens (tertiary/aromatic N) is 4. The van der Waals surface area contributed by atoms with Gasteiger partial charge in [-0.05, 0) is 19.1 Å². The molecule has 19 heavy (non-hydrogen) atoms. The zero-order chi connectivity index (χ0) is 13.8. The summed E-state index contributed by atoms with van der Waals surface area (Å²) >= 11 is 0. The highest BCUT2D eigenvalue weighted by molar-refractivity contribution is 5.93. The van der Waals surface area contributed by atoms with E-state index >= 15 is 0 Å². The zero-order valence-corrected chi connectivity index (χ0v) is 11.0. The number of nitrogens with one attached hydrogen (secondary N) is 1. The lowest BCUT2D eigenvalue weighted by Gasteiger charge is -2.14. The Hall–Kier alpha value is -2.44. The number of hydrogen-bond acceptors (Lipinski definition) is 6. The van der Waals surface area contributed by atoms with Crippen molar-refractivity contribution >= 4 is 11.6 Å². The summed E-state index contributed by atoms with van der Waals surface area (Å²) in [4.78, 5) is 21.9. The van der Waals surface area contributed by atoms with Crippen LogP contribution in [-0.2, 0) is 0 Å². The molecule has 0 unspecified atom stereocenters. The van der Waals surface area contributed by atoms with E-state index in [9.17, 15) is 4.79 Å². The Morgan fingerprint density at radius 3 is 2.84 bits per heavy atom. The number of carbonyl (C=O) groups is 1. The van der Waals surface area contributed by atoms with Crippen LogP contribution in [0.15, 0.2) is 29.2 Å². The second kappa shape index (κ2) is 5.47. The van der Waals surface area contributed by atoms with Gasteiger partial charge in [0.1, 0.15) is 5.69 Å². The Balaban J connectivity index is 2.10. The molecule has 0 bridgehead atoms. The van der Waals surface area contributed by atoms with Crippen LogP contribution >= 0.6 is 0 Å². The standard InChI is InChI=1S/C12H15N5O2/c1-8(11-14-7-19-16-11)15-12(18)10-6-9(17(2)3)4-5-13-10/h4-8H,1-3H3,(H,15,18)/t8-/m0/s1. The second-order valence-electron chi connectivity index (χ2n) is 4.28. The molecule has 0 aliphatic carbocycles. The van der Waals surface area contributed by atoms with Gasteiger partial charge in [0.25, 0.3) is 5.91 Å². The maximum absolute atomic E-state index is 12.0. The van der Waals surface area contributed by atoms with Gasteiger partial charge in [-0.15, -0.1) is 0 Å². The first kappa shape index (κ1) is 13.0. The molecule has 0 aliphatic heterocycles. The average molecular weight is 261 g/mol. The molecule has 7 nitrogen and oxygen atoms in total. The molecule has 2 rings (SSSR count). The molecule has 1 amide bonds. The first-order valence-corrected chi connectivity index (χ1v) is 5.78. The fourth-order valence-corrected chi connectivity index (χ4v) is 1.53. The van der Waals surface area contributed by atoms with Gasteiger partial charge in [-0.1, -0.05) is 5.16 Å². The molecule has 2 aromatic heterocycles. The first-order chi connectivity index (χ1) is 9.08.